The van der Waals surface area contributed by atoms with Crippen LogP contribution in [0.3, 0.4) is 0 Å². The first-order valence-electron chi connectivity index (χ1n) is 18.5. The fourth-order valence-electron chi connectivity index (χ4n) is 7.96. The number of hydrogen-bond donors (Lipinski definition) is 0. The predicted molar refractivity (Wildman–Crippen MR) is 227 cm³/mol. The maximum absolute atomic E-state index is 6.74. The van der Waals surface area contributed by atoms with Crippen molar-refractivity contribution in [3.63, 3.8) is 0 Å². The number of furan rings is 1. The first-order chi connectivity index (χ1) is 27.2. The van der Waals surface area contributed by atoms with Crippen molar-refractivity contribution in [2.45, 2.75) is 0 Å². The van der Waals surface area contributed by atoms with Crippen LogP contribution in [-0.4, -0.2) is 4.98 Å². The van der Waals surface area contributed by atoms with E-state index in [1.165, 1.54) is 33.0 Å². The second-order valence-corrected chi connectivity index (χ2v) is 14.0. The van der Waals surface area contributed by atoms with Crippen LogP contribution in [0.2, 0.25) is 0 Å². The van der Waals surface area contributed by atoms with Crippen LogP contribution in [0.15, 0.2) is 203 Å². The second kappa shape index (κ2) is 12.6. The van der Waals surface area contributed by atoms with Crippen LogP contribution in [0.4, 0.5) is 17.1 Å². The summed E-state index contributed by atoms with van der Waals surface area (Å²) in [5.41, 5.74) is 11.9. The zero-order valence-electron chi connectivity index (χ0n) is 29.7. The number of para-hydroxylation sites is 2. The summed E-state index contributed by atoms with van der Waals surface area (Å²) in [5.74, 6) is 0.544. The SMILES string of the molecule is c1ccc(-c2ccc(N(c3ccc4cc(-c5ccccc5)ccc4c3)c3ccc4oc5c(-c6nc7ccccc7o6)cc6ccccc6c5c4c3)cc2)cc1. The molecule has 0 bridgehead atoms. The normalized spacial score (nSPS) is 11.6. The lowest BCUT2D eigenvalue weighted by molar-refractivity contribution is 0.615. The molecule has 0 fully saturated rings. The van der Waals surface area contributed by atoms with Crippen molar-refractivity contribution in [1.29, 1.82) is 0 Å². The topological polar surface area (TPSA) is 42.4 Å². The smallest absolute Gasteiger partial charge is 0.231 e. The van der Waals surface area contributed by atoms with Gasteiger partial charge in [-0.05, 0) is 111 Å². The standard InChI is InChI=1S/C51H32N2O2/c1-3-11-33(12-4-1)35-21-24-40(25-22-35)53(41-26-23-37-29-36(19-20-38(37)30-41)34-13-5-2-6-14-34)42-27-28-47-44(32-42)49-43-16-8-7-15-39(43)31-45(50(49)54-47)51-52-46-17-9-10-18-48(46)55-51/h1-32H. The van der Waals surface area contributed by atoms with Crippen LogP contribution >= 0.6 is 0 Å². The van der Waals surface area contributed by atoms with E-state index >= 15 is 0 Å². The minimum Gasteiger partial charge on any atom is -0.455 e. The zero-order chi connectivity index (χ0) is 36.3. The molecule has 9 aromatic carbocycles. The summed E-state index contributed by atoms with van der Waals surface area (Å²) in [4.78, 5) is 7.21. The summed E-state index contributed by atoms with van der Waals surface area (Å²) >= 11 is 0. The highest BCUT2D eigenvalue weighted by Gasteiger charge is 2.22. The van der Waals surface area contributed by atoms with Gasteiger partial charge in [-0.3, -0.25) is 0 Å². The van der Waals surface area contributed by atoms with Crippen molar-refractivity contribution in [2.75, 3.05) is 4.90 Å². The Bertz CT molecular complexity index is 3170. The molecule has 2 aromatic heterocycles. The van der Waals surface area contributed by atoms with E-state index in [0.29, 0.717) is 5.89 Å². The van der Waals surface area contributed by atoms with E-state index < -0.39 is 0 Å². The van der Waals surface area contributed by atoms with Crippen LogP contribution in [0, 0.1) is 0 Å². The van der Waals surface area contributed by atoms with Crippen molar-refractivity contribution in [1.82, 2.24) is 4.98 Å². The molecule has 11 rings (SSSR count). The third kappa shape index (κ3) is 5.34. The Morgan fingerprint density at radius 1 is 0.382 bits per heavy atom. The largest absolute Gasteiger partial charge is 0.455 e. The molecule has 4 heteroatoms. The van der Waals surface area contributed by atoms with Crippen molar-refractivity contribution in [2.24, 2.45) is 0 Å². The van der Waals surface area contributed by atoms with Gasteiger partial charge >= 0.3 is 0 Å². The van der Waals surface area contributed by atoms with E-state index in [-0.39, 0.29) is 0 Å². The third-order valence-electron chi connectivity index (χ3n) is 10.7. The molecular weight excluding hydrogens is 673 g/mol. The van der Waals surface area contributed by atoms with Gasteiger partial charge in [0.15, 0.2) is 5.58 Å². The molecule has 0 radical (unpaired) electrons. The molecule has 258 valence electrons. The molecule has 0 saturated carbocycles. The molecule has 0 amide bonds. The van der Waals surface area contributed by atoms with E-state index in [1.807, 2.05) is 24.3 Å². The number of rotatable bonds is 6. The molecule has 0 spiro atoms. The molecule has 2 heterocycles. The third-order valence-corrected chi connectivity index (χ3v) is 10.7. The Labute approximate surface area is 317 Å². The second-order valence-electron chi connectivity index (χ2n) is 14.0. The fourth-order valence-corrected chi connectivity index (χ4v) is 7.96. The maximum atomic E-state index is 6.74. The fraction of sp³-hybridized carbons (Fsp3) is 0. The highest BCUT2D eigenvalue weighted by molar-refractivity contribution is 6.22. The van der Waals surface area contributed by atoms with Crippen LogP contribution < -0.4 is 4.90 Å². The van der Waals surface area contributed by atoms with Gasteiger partial charge in [0.2, 0.25) is 5.89 Å². The average Bonchev–Trinajstić information content (AvgIpc) is 3.87. The Kier molecular flexibility index (Phi) is 7.14. The summed E-state index contributed by atoms with van der Waals surface area (Å²) in [6.45, 7) is 0. The van der Waals surface area contributed by atoms with E-state index in [0.717, 1.165) is 66.4 Å². The number of hydrogen-bond acceptors (Lipinski definition) is 4. The van der Waals surface area contributed by atoms with E-state index in [9.17, 15) is 0 Å². The van der Waals surface area contributed by atoms with Crippen LogP contribution in [0.1, 0.15) is 0 Å². The first kappa shape index (κ1) is 31.1. The molecule has 0 N–H and O–H groups in total. The summed E-state index contributed by atoms with van der Waals surface area (Å²) in [5, 5.41) is 6.65. The maximum Gasteiger partial charge on any atom is 0.231 e. The van der Waals surface area contributed by atoms with Gasteiger partial charge in [0.1, 0.15) is 16.7 Å². The van der Waals surface area contributed by atoms with Gasteiger partial charge in [-0.15, -0.1) is 0 Å². The number of aromatic nitrogens is 1. The van der Waals surface area contributed by atoms with Gasteiger partial charge < -0.3 is 13.7 Å². The van der Waals surface area contributed by atoms with Crippen LogP contribution in [-0.2, 0) is 0 Å². The average molecular weight is 705 g/mol. The Balaban J connectivity index is 1.10. The highest BCUT2D eigenvalue weighted by Crippen LogP contribution is 2.45. The quantitative estimate of drug-likeness (QED) is 0.173. The van der Waals surface area contributed by atoms with E-state index in [2.05, 4.69) is 175 Å². The summed E-state index contributed by atoms with van der Waals surface area (Å²) in [6, 6.07) is 68.3. The van der Waals surface area contributed by atoms with Crippen molar-refractivity contribution in [3.05, 3.63) is 194 Å². The molecular formula is C51H32N2O2. The lowest BCUT2D eigenvalue weighted by Crippen LogP contribution is -2.09. The van der Waals surface area contributed by atoms with E-state index in [4.69, 9.17) is 13.8 Å². The minimum absolute atomic E-state index is 0.544. The summed E-state index contributed by atoms with van der Waals surface area (Å²) in [7, 11) is 0. The van der Waals surface area contributed by atoms with Gasteiger partial charge in [0.05, 0.1) is 5.56 Å². The molecule has 0 atom stereocenters. The van der Waals surface area contributed by atoms with Gasteiger partial charge in [-0.2, -0.15) is 0 Å². The molecule has 0 aliphatic rings. The van der Waals surface area contributed by atoms with Gasteiger partial charge in [0, 0.05) is 27.8 Å². The van der Waals surface area contributed by atoms with Crippen LogP contribution in [0.25, 0.3) is 88.3 Å². The number of oxazole rings is 1. The Morgan fingerprint density at radius 3 is 1.82 bits per heavy atom. The van der Waals surface area contributed by atoms with Crippen molar-refractivity contribution in [3.8, 4) is 33.7 Å². The van der Waals surface area contributed by atoms with Crippen molar-refractivity contribution < 1.29 is 8.83 Å². The highest BCUT2D eigenvalue weighted by atomic mass is 16.4. The Morgan fingerprint density at radius 2 is 1.00 bits per heavy atom. The monoisotopic (exact) mass is 704 g/mol. The molecule has 0 aliphatic heterocycles. The van der Waals surface area contributed by atoms with Gasteiger partial charge in [0.25, 0.3) is 0 Å². The van der Waals surface area contributed by atoms with Gasteiger partial charge in [-0.1, -0.05) is 127 Å². The molecule has 0 aliphatic carbocycles. The zero-order valence-corrected chi connectivity index (χ0v) is 29.7. The van der Waals surface area contributed by atoms with Crippen LogP contribution in [0.5, 0.6) is 0 Å². The number of fused-ring (bicyclic) bond motifs is 7. The predicted octanol–water partition coefficient (Wildman–Crippen LogP) is 14.5. The number of anilines is 3. The summed E-state index contributed by atoms with van der Waals surface area (Å²) < 4.78 is 13.1. The van der Waals surface area contributed by atoms with E-state index in [1.54, 1.807) is 0 Å². The first-order valence-corrected chi connectivity index (χ1v) is 18.5. The summed E-state index contributed by atoms with van der Waals surface area (Å²) in [6.07, 6.45) is 0. The molecule has 55 heavy (non-hydrogen) atoms. The van der Waals surface area contributed by atoms with Gasteiger partial charge in [-0.25, -0.2) is 4.98 Å². The molecule has 0 unspecified atom stereocenters. The number of benzene rings is 9. The minimum atomic E-state index is 0.544. The Hall–Kier alpha value is -7.43. The molecule has 4 nitrogen and oxygen atoms in total. The lowest BCUT2D eigenvalue weighted by Gasteiger charge is -2.26. The lowest BCUT2D eigenvalue weighted by atomic mass is 9.99. The molecule has 11 aromatic rings. The molecule has 0 saturated heterocycles. The number of nitrogens with zero attached hydrogens (tertiary/aromatic N) is 2. The van der Waals surface area contributed by atoms with Crippen molar-refractivity contribution >= 4 is 71.6 Å².